The third kappa shape index (κ3) is 3.29. The molecule has 1 spiro atoms. The highest BCUT2D eigenvalue weighted by Gasteiger charge is 2.67. The average Bonchev–Trinajstić information content (AvgIpc) is 3.45. The van der Waals surface area contributed by atoms with Gasteiger partial charge in [0.05, 0.1) is 24.5 Å². The Morgan fingerprint density at radius 2 is 2.17 bits per heavy atom. The van der Waals surface area contributed by atoms with Gasteiger partial charge < -0.3 is 19.1 Å². The second-order valence-electron chi connectivity index (χ2n) is 8.73. The van der Waals surface area contributed by atoms with Crippen LogP contribution in [0.15, 0.2) is 24.5 Å². The Balaban J connectivity index is 1.47. The van der Waals surface area contributed by atoms with Crippen LogP contribution in [0.25, 0.3) is 0 Å². The largest absolute Gasteiger partial charge is 0.360 e. The van der Waals surface area contributed by atoms with Crippen molar-refractivity contribution < 1.29 is 14.3 Å². The van der Waals surface area contributed by atoms with Gasteiger partial charge in [-0.3, -0.25) is 9.59 Å². The van der Waals surface area contributed by atoms with E-state index in [1.807, 2.05) is 41.8 Å². The van der Waals surface area contributed by atoms with Crippen LogP contribution >= 0.6 is 0 Å². The van der Waals surface area contributed by atoms with Crippen molar-refractivity contribution in [2.45, 2.75) is 51.9 Å². The van der Waals surface area contributed by atoms with Gasteiger partial charge >= 0.3 is 0 Å². The summed E-state index contributed by atoms with van der Waals surface area (Å²) >= 11 is 0. The van der Waals surface area contributed by atoms with Crippen molar-refractivity contribution in [1.82, 2.24) is 19.4 Å². The van der Waals surface area contributed by atoms with Crippen molar-refractivity contribution in [2.24, 2.45) is 17.8 Å². The number of likely N-dealkylation sites (tertiary alicyclic amines) is 1. The van der Waals surface area contributed by atoms with E-state index in [2.05, 4.69) is 18.8 Å². The molecule has 0 aliphatic carbocycles. The number of nitrogens with zero attached hydrogens (tertiary/aromatic N) is 4. The number of hydrogen-bond donors (Lipinski definition) is 0. The van der Waals surface area contributed by atoms with Crippen LogP contribution in [0.1, 0.15) is 32.5 Å². The molecule has 2 amide bonds. The third-order valence-corrected chi connectivity index (χ3v) is 7.07. The summed E-state index contributed by atoms with van der Waals surface area (Å²) < 4.78 is 8.28. The molecule has 2 saturated heterocycles. The maximum Gasteiger partial charge on any atom is 0.230 e. The summed E-state index contributed by atoms with van der Waals surface area (Å²) in [7, 11) is 1.82. The number of likely N-dealkylation sites (N-methyl/N-ethyl adjacent to an activating group) is 1. The van der Waals surface area contributed by atoms with E-state index < -0.39 is 17.4 Å². The number of carbonyl (C=O) groups is 2. The van der Waals surface area contributed by atoms with Gasteiger partial charge in [-0.05, 0) is 12.8 Å². The lowest BCUT2D eigenvalue weighted by Crippen LogP contribution is -2.45. The van der Waals surface area contributed by atoms with E-state index in [4.69, 9.17) is 4.74 Å². The van der Waals surface area contributed by atoms with Gasteiger partial charge in [-0.2, -0.15) is 0 Å². The molecule has 2 bridgehead atoms. The lowest BCUT2D eigenvalue weighted by atomic mass is 9.76. The Hall–Kier alpha value is -2.15. The molecule has 29 heavy (non-hydrogen) atoms. The van der Waals surface area contributed by atoms with Gasteiger partial charge in [-0.15, -0.1) is 0 Å². The topological polar surface area (TPSA) is 67.7 Å². The molecule has 7 heteroatoms. The van der Waals surface area contributed by atoms with E-state index in [9.17, 15) is 9.59 Å². The minimum Gasteiger partial charge on any atom is -0.360 e. The number of hydrogen-bond acceptors (Lipinski definition) is 4. The van der Waals surface area contributed by atoms with E-state index in [0.717, 1.165) is 25.2 Å². The summed E-state index contributed by atoms with van der Waals surface area (Å²) in [5.41, 5.74) is -0.615. The number of imidazole rings is 1. The molecule has 4 rings (SSSR count). The van der Waals surface area contributed by atoms with Crippen molar-refractivity contribution in [2.75, 3.05) is 26.7 Å². The third-order valence-electron chi connectivity index (χ3n) is 7.07. The Bertz CT molecular complexity index is 815. The van der Waals surface area contributed by atoms with Crippen LogP contribution in [-0.2, 0) is 20.9 Å². The molecule has 0 saturated carbocycles. The van der Waals surface area contributed by atoms with Crippen LogP contribution < -0.4 is 0 Å². The number of fused-ring (bicyclic) bond motifs is 1. The minimum atomic E-state index is -0.615. The van der Waals surface area contributed by atoms with E-state index >= 15 is 0 Å². The zero-order valence-corrected chi connectivity index (χ0v) is 17.9. The zero-order chi connectivity index (χ0) is 20.8. The molecule has 1 aromatic rings. The molecular weight excluding hydrogens is 368 g/mol. The van der Waals surface area contributed by atoms with Crippen molar-refractivity contribution in [3.8, 4) is 0 Å². The fourth-order valence-corrected chi connectivity index (χ4v) is 5.14. The fraction of sp³-hybridized carbons (Fsp3) is 0.682. The number of aryl methyl sites for hydroxylation is 1. The number of aromatic nitrogens is 2. The monoisotopic (exact) mass is 400 g/mol. The normalized spacial score (nSPS) is 29.9. The summed E-state index contributed by atoms with van der Waals surface area (Å²) in [6.07, 6.45) is 9.52. The standard InChI is InChI=1S/C22H32N4O3/c1-5-16(6-2)13-26-14-22-8-7-17(29-22)18(19(22)21(26)28)20(27)24(4)11-12-25-10-9-23-15(25)3/h7-10,16-19H,5-6,11-14H2,1-4H3/t17-,18+,19+,22-/m0/s1. The van der Waals surface area contributed by atoms with E-state index in [1.165, 1.54) is 0 Å². The highest BCUT2D eigenvalue weighted by molar-refractivity contribution is 5.93. The highest BCUT2D eigenvalue weighted by atomic mass is 16.5. The first-order valence-corrected chi connectivity index (χ1v) is 10.8. The SMILES string of the molecule is CCC(CC)CN1C[C@]23C=C[C@H](O2)[C@@H](C(=O)N(C)CCn2ccnc2C)[C@@H]3C1=O. The molecule has 7 nitrogen and oxygen atoms in total. The lowest BCUT2D eigenvalue weighted by molar-refractivity contribution is -0.142. The summed E-state index contributed by atoms with van der Waals surface area (Å²) in [6.45, 7) is 8.87. The molecular formula is C22H32N4O3. The first-order valence-electron chi connectivity index (χ1n) is 10.8. The molecule has 3 aliphatic rings. The molecule has 2 fully saturated rings. The summed E-state index contributed by atoms with van der Waals surface area (Å²) in [5, 5.41) is 0. The van der Waals surface area contributed by atoms with Crippen molar-refractivity contribution in [1.29, 1.82) is 0 Å². The van der Waals surface area contributed by atoms with Crippen molar-refractivity contribution in [3.63, 3.8) is 0 Å². The fourth-order valence-electron chi connectivity index (χ4n) is 5.14. The van der Waals surface area contributed by atoms with Crippen LogP contribution in [0.3, 0.4) is 0 Å². The van der Waals surface area contributed by atoms with Crippen LogP contribution in [0.5, 0.6) is 0 Å². The maximum absolute atomic E-state index is 13.3. The molecule has 0 aromatic carbocycles. The van der Waals surface area contributed by atoms with Crippen molar-refractivity contribution in [3.05, 3.63) is 30.4 Å². The smallest absolute Gasteiger partial charge is 0.230 e. The first-order chi connectivity index (χ1) is 13.9. The maximum atomic E-state index is 13.3. The van der Waals surface area contributed by atoms with E-state index in [0.29, 0.717) is 25.6 Å². The Labute approximate surface area is 172 Å². The second kappa shape index (κ2) is 7.59. The molecule has 158 valence electrons. The van der Waals surface area contributed by atoms with Gasteiger partial charge in [-0.25, -0.2) is 4.98 Å². The molecule has 0 N–H and O–H groups in total. The van der Waals surface area contributed by atoms with E-state index in [-0.39, 0.29) is 17.9 Å². The molecule has 4 atom stereocenters. The molecule has 4 heterocycles. The van der Waals surface area contributed by atoms with Gasteiger partial charge in [-0.1, -0.05) is 38.8 Å². The van der Waals surface area contributed by atoms with Gasteiger partial charge in [0.25, 0.3) is 0 Å². The van der Waals surface area contributed by atoms with E-state index in [1.54, 1.807) is 11.1 Å². The number of rotatable bonds is 8. The van der Waals surface area contributed by atoms with Gasteiger partial charge in [0.15, 0.2) is 0 Å². The van der Waals surface area contributed by atoms with Gasteiger partial charge in [0.1, 0.15) is 11.4 Å². The quantitative estimate of drug-likeness (QED) is 0.625. The molecule has 0 unspecified atom stereocenters. The number of carbonyl (C=O) groups excluding carboxylic acids is 2. The Morgan fingerprint density at radius 3 is 2.83 bits per heavy atom. The second-order valence-corrected chi connectivity index (χ2v) is 8.73. The first kappa shape index (κ1) is 20.1. The highest BCUT2D eigenvalue weighted by Crippen LogP contribution is 2.52. The number of amides is 2. The summed E-state index contributed by atoms with van der Waals surface area (Å²) in [5.74, 6) is 0.692. The van der Waals surface area contributed by atoms with Gasteiger partial charge in [0, 0.05) is 39.1 Å². The average molecular weight is 401 g/mol. The molecule has 3 aliphatic heterocycles. The predicted octanol–water partition coefficient (Wildman–Crippen LogP) is 1.87. The minimum absolute atomic E-state index is 0.00160. The Morgan fingerprint density at radius 1 is 1.41 bits per heavy atom. The number of ether oxygens (including phenoxy) is 1. The summed E-state index contributed by atoms with van der Waals surface area (Å²) in [6, 6.07) is 0. The molecule has 1 aromatic heterocycles. The zero-order valence-electron chi connectivity index (χ0n) is 17.9. The summed E-state index contributed by atoms with van der Waals surface area (Å²) in [4.78, 5) is 34.5. The van der Waals surface area contributed by atoms with Crippen LogP contribution in [0.2, 0.25) is 0 Å². The van der Waals surface area contributed by atoms with Crippen molar-refractivity contribution >= 4 is 11.8 Å². The lowest BCUT2D eigenvalue weighted by Gasteiger charge is -2.28. The predicted molar refractivity (Wildman–Crippen MR) is 109 cm³/mol. The van der Waals surface area contributed by atoms with Crippen LogP contribution in [-0.4, -0.2) is 69.6 Å². The van der Waals surface area contributed by atoms with Gasteiger partial charge in [0.2, 0.25) is 11.8 Å². The molecule has 0 radical (unpaired) electrons. The van der Waals surface area contributed by atoms with Crippen LogP contribution in [0.4, 0.5) is 0 Å². The van der Waals surface area contributed by atoms with Crippen LogP contribution in [0, 0.1) is 24.7 Å². The Kier molecular flexibility index (Phi) is 5.27.